The molecule has 0 unspecified atom stereocenters. The maximum Gasteiger partial charge on any atom is 0.341 e. The normalized spacial score (nSPS) is 11.6. The summed E-state index contributed by atoms with van der Waals surface area (Å²) in [4.78, 5) is 24.2. The van der Waals surface area contributed by atoms with E-state index in [9.17, 15) is 9.59 Å². The van der Waals surface area contributed by atoms with Crippen LogP contribution in [0.15, 0.2) is 42.5 Å². The number of anilines is 2. The van der Waals surface area contributed by atoms with Crippen LogP contribution < -0.4 is 11.1 Å². The van der Waals surface area contributed by atoms with E-state index in [0.29, 0.717) is 5.69 Å². The van der Waals surface area contributed by atoms with Gasteiger partial charge in [-0.1, -0.05) is 41.4 Å². The van der Waals surface area contributed by atoms with Gasteiger partial charge in [-0.25, -0.2) is 4.79 Å². The number of carbonyl (C=O) groups is 2. The Labute approximate surface area is 143 Å². The van der Waals surface area contributed by atoms with Crippen molar-refractivity contribution in [3.8, 4) is 0 Å². The van der Waals surface area contributed by atoms with Gasteiger partial charge in [0.25, 0.3) is 5.91 Å². The van der Waals surface area contributed by atoms with Crippen LogP contribution in [0.1, 0.15) is 17.3 Å². The van der Waals surface area contributed by atoms with Crippen LogP contribution >= 0.6 is 23.2 Å². The fourth-order valence-electron chi connectivity index (χ4n) is 1.80. The molecule has 120 valence electrons. The van der Waals surface area contributed by atoms with Crippen LogP contribution in [-0.2, 0) is 9.53 Å². The van der Waals surface area contributed by atoms with Gasteiger partial charge in [0.05, 0.1) is 16.3 Å². The van der Waals surface area contributed by atoms with Gasteiger partial charge in [-0.05, 0) is 31.2 Å². The number of rotatable bonds is 4. The van der Waals surface area contributed by atoms with Gasteiger partial charge in [-0.15, -0.1) is 0 Å². The molecule has 2 aromatic carbocycles. The number of nitrogens with two attached hydrogens (primary N) is 1. The van der Waals surface area contributed by atoms with Gasteiger partial charge in [-0.2, -0.15) is 0 Å². The Morgan fingerprint density at radius 2 is 1.83 bits per heavy atom. The molecule has 0 aliphatic carbocycles. The monoisotopic (exact) mass is 352 g/mol. The average Bonchev–Trinajstić information content (AvgIpc) is 2.51. The highest BCUT2D eigenvalue weighted by Crippen LogP contribution is 2.28. The molecule has 1 amide bonds. The number of carbonyl (C=O) groups excluding carboxylic acids is 2. The smallest absolute Gasteiger partial charge is 0.341 e. The summed E-state index contributed by atoms with van der Waals surface area (Å²) in [5, 5.41) is 3.03. The van der Waals surface area contributed by atoms with Crippen molar-refractivity contribution in [3.63, 3.8) is 0 Å². The second-order valence-electron chi connectivity index (χ2n) is 4.75. The number of ether oxygens (including phenoxy) is 1. The van der Waals surface area contributed by atoms with Crippen LogP contribution in [0.2, 0.25) is 10.0 Å². The van der Waals surface area contributed by atoms with Crippen molar-refractivity contribution in [2.24, 2.45) is 0 Å². The quantitative estimate of drug-likeness (QED) is 0.648. The summed E-state index contributed by atoms with van der Waals surface area (Å²) in [6, 6.07) is 11.6. The van der Waals surface area contributed by atoms with Gasteiger partial charge in [0.2, 0.25) is 0 Å². The van der Waals surface area contributed by atoms with Crippen molar-refractivity contribution in [1.82, 2.24) is 0 Å². The molecule has 0 spiro atoms. The zero-order valence-corrected chi connectivity index (χ0v) is 13.7. The number of para-hydroxylation sites is 1. The Hall–Kier alpha value is -2.24. The summed E-state index contributed by atoms with van der Waals surface area (Å²) in [5.74, 6) is -1.24. The molecule has 0 fully saturated rings. The predicted molar refractivity (Wildman–Crippen MR) is 90.8 cm³/mol. The molecule has 0 saturated heterocycles. The number of hydrogen-bond donors (Lipinski definition) is 2. The van der Waals surface area contributed by atoms with Crippen LogP contribution in [-0.4, -0.2) is 18.0 Å². The number of hydrogen-bond acceptors (Lipinski definition) is 4. The van der Waals surface area contributed by atoms with E-state index in [1.54, 1.807) is 24.3 Å². The van der Waals surface area contributed by atoms with Gasteiger partial charge in [0.15, 0.2) is 6.10 Å². The van der Waals surface area contributed by atoms with Crippen LogP contribution in [0.3, 0.4) is 0 Å². The molecule has 2 rings (SSSR count). The molecule has 0 aliphatic heterocycles. The molecule has 0 heterocycles. The summed E-state index contributed by atoms with van der Waals surface area (Å²) in [7, 11) is 0. The maximum absolute atomic E-state index is 12.1. The standard InChI is InChI=1S/C16H14Cl2N2O3/c1-9(15(21)20-11-5-3-2-4-6-11)23-16(22)12-7-10(17)8-13(18)14(12)19/h2-9H,19H2,1H3,(H,20,21)/t9-/m0/s1. The van der Waals surface area contributed by atoms with Crippen LogP contribution in [0.25, 0.3) is 0 Å². The Kier molecular flexibility index (Phi) is 5.47. The van der Waals surface area contributed by atoms with Gasteiger partial charge < -0.3 is 15.8 Å². The molecule has 2 aromatic rings. The number of halogens is 2. The third-order valence-corrected chi connectivity index (χ3v) is 3.54. The SMILES string of the molecule is C[C@H](OC(=O)c1cc(Cl)cc(Cl)c1N)C(=O)Nc1ccccc1. The van der Waals surface area contributed by atoms with Crippen LogP contribution in [0.4, 0.5) is 11.4 Å². The third kappa shape index (κ3) is 4.37. The topological polar surface area (TPSA) is 81.4 Å². The molecule has 3 N–H and O–H groups in total. The lowest BCUT2D eigenvalue weighted by atomic mass is 10.2. The average molecular weight is 353 g/mol. The summed E-state index contributed by atoms with van der Waals surface area (Å²) in [6.07, 6.45) is -1.01. The molecule has 1 atom stereocenters. The van der Waals surface area contributed by atoms with E-state index in [0.717, 1.165) is 0 Å². The van der Waals surface area contributed by atoms with Gasteiger partial charge in [0, 0.05) is 10.7 Å². The van der Waals surface area contributed by atoms with E-state index in [2.05, 4.69) is 5.32 Å². The number of nitrogen functional groups attached to an aromatic ring is 1. The highest BCUT2D eigenvalue weighted by atomic mass is 35.5. The lowest BCUT2D eigenvalue weighted by molar-refractivity contribution is -0.123. The van der Waals surface area contributed by atoms with Crippen molar-refractivity contribution >= 4 is 46.5 Å². The molecule has 0 aromatic heterocycles. The Bertz CT molecular complexity index is 736. The predicted octanol–water partition coefficient (Wildman–Crippen LogP) is 3.76. The number of benzene rings is 2. The van der Waals surface area contributed by atoms with E-state index < -0.39 is 18.0 Å². The lowest BCUT2D eigenvalue weighted by Crippen LogP contribution is -2.30. The Morgan fingerprint density at radius 1 is 1.17 bits per heavy atom. The Morgan fingerprint density at radius 3 is 2.48 bits per heavy atom. The minimum absolute atomic E-state index is 0.0156. The summed E-state index contributed by atoms with van der Waals surface area (Å²) in [5.41, 5.74) is 6.41. The highest BCUT2D eigenvalue weighted by molar-refractivity contribution is 6.37. The van der Waals surface area contributed by atoms with Crippen molar-refractivity contribution < 1.29 is 14.3 Å². The van der Waals surface area contributed by atoms with E-state index in [1.165, 1.54) is 19.1 Å². The molecular formula is C16H14Cl2N2O3. The first kappa shape index (κ1) is 17.1. The first-order valence-corrected chi connectivity index (χ1v) is 7.45. The van der Waals surface area contributed by atoms with Crippen molar-refractivity contribution in [3.05, 3.63) is 58.1 Å². The number of amides is 1. The molecule has 7 heteroatoms. The van der Waals surface area contributed by atoms with Crippen molar-refractivity contribution in [2.45, 2.75) is 13.0 Å². The van der Waals surface area contributed by atoms with Gasteiger partial charge >= 0.3 is 5.97 Å². The van der Waals surface area contributed by atoms with Crippen molar-refractivity contribution in [2.75, 3.05) is 11.1 Å². The fourth-order valence-corrected chi connectivity index (χ4v) is 2.29. The van der Waals surface area contributed by atoms with Gasteiger partial charge in [0.1, 0.15) is 0 Å². The Balaban J connectivity index is 2.06. The van der Waals surface area contributed by atoms with Crippen molar-refractivity contribution in [1.29, 1.82) is 0 Å². The van der Waals surface area contributed by atoms with E-state index >= 15 is 0 Å². The highest BCUT2D eigenvalue weighted by Gasteiger charge is 2.21. The fraction of sp³-hybridized carbons (Fsp3) is 0.125. The third-order valence-electron chi connectivity index (χ3n) is 3.01. The molecule has 0 radical (unpaired) electrons. The maximum atomic E-state index is 12.1. The first-order valence-electron chi connectivity index (χ1n) is 6.70. The minimum atomic E-state index is -1.01. The minimum Gasteiger partial charge on any atom is -0.449 e. The largest absolute Gasteiger partial charge is 0.449 e. The van der Waals surface area contributed by atoms with E-state index in [4.69, 9.17) is 33.7 Å². The summed E-state index contributed by atoms with van der Waals surface area (Å²) >= 11 is 11.7. The molecule has 0 bridgehead atoms. The zero-order chi connectivity index (χ0) is 17.0. The molecule has 23 heavy (non-hydrogen) atoms. The van der Waals surface area contributed by atoms with E-state index in [1.807, 2.05) is 6.07 Å². The van der Waals surface area contributed by atoms with E-state index in [-0.39, 0.29) is 21.3 Å². The summed E-state index contributed by atoms with van der Waals surface area (Å²) < 4.78 is 5.11. The molecule has 0 saturated carbocycles. The molecular weight excluding hydrogens is 339 g/mol. The van der Waals surface area contributed by atoms with Crippen LogP contribution in [0.5, 0.6) is 0 Å². The molecule has 0 aliphatic rings. The molecule has 5 nitrogen and oxygen atoms in total. The number of nitrogens with one attached hydrogen (secondary N) is 1. The van der Waals surface area contributed by atoms with Crippen LogP contribution in [0, 0.1) is 0 Å². The number of esters is 1. The van der Waals surface area contributed by atoms with Gasteiger partial charge in [-0.3, -0.25) is 4.79 Å². The lowest BCUT2D eigenvalue weighted by Gasteiger charge is -2.15. The zero-order valence-electron chi connectivity index (χ0n) is 12.2. The second-order valence-corrected chi connectivity index (χ2v) is 5.60. The summed E-state index contributed by atoms with van der Waals surface area (Å²) in [6.45, 7) is 1.46. The first-order chi connectivity index (χ1) is 10.9. The second kappa shape index (κ2) is 7.35.